The molecule has 3 rings (SSSR count). The first kappa shape index (κ1) is 24.2. The Hall–Kier alpha value is -3.43. The molecule has 8 nitrogen and oxygen atoms in total. The van der Waals surface area contributed by atoms with Gasteiger partial charge in [0.1, 0.15) is 22.1 Å². The maximum atomic E-state index is 13.0. The van der Waals surface area contributed by atoms with Crippen LogP contribution in [0.3, 0.4) is 0 Å². The zero-order valence-electron chi connectivity index (χ0n) is 18.2. The molecule has 0 aliphatic carbocycles. The second kappa shape index (κ2) is 10.5. The number of halogens is 1. The van der Waals surface area contributed by atoms with Crippen molar-refractivity contribution in [1.29, 1.82) is 0 Å². The van der Waals surface area contributed by atoms with Crippen molar-refractivity contribution in [1.82, 2.24) is 0 Å². The average molecular weight is 491 g/mol. The van der Waals surface area contributed by atoms with Gasteiger partial charge in [0.2, 0.25) is 0 Å². The van der Waals surface area contributed by atoms with Crippen LogP contribution in [0.15, 0.2) is 65.6 Å². The summed E-state index contributed by atoms with van der Waals surface area (Å²) < 4.78 is 44.2. The smallest absolute Gasteiger partial charge is 0.265 e. The predicted octanol–water partition coefficient (Wildman–Crippen LogP) is 4.48. The standard InChI is InChI=1S/C23H23ClN2O6S/c1-15-4-10-19(24)21(12-15)32-14-23(27)25-17-7-11-20(31-3)22(13-17)33(28,29)26-16-5-8-18(30-2)9-6-16/h4-13,26H,14H2,1-3H3,(H,25,27). The third-order valence-corrected chi connectivity index (χ3v) is 6.24. The van der Waals surface area contributed by atoms with E-state index in [1.165, 1.54) is 32.4 Å². The van der Waals surface area contributed by atoms with Crippen LogP contribution in [0.1, 0.15) is 5.56 Å². The van der Waals surface area contributed by atoms with E-state index >= 15 is 0 Å². The topological polar surface area (TPSA) is 103 Å². The van der Waals surface area contributed by atoms with Crippen LogP contribution in [0.2, 0.25) is 5.02 Å². The van der Waals surface area contributed by atoms with E-state index in [0.717, 1.165) is 5.56 Å². The third-order valence-electron chi connectivity index (χ3n) is 4.52. The summed E-state index contributed by atoms with van der Waals surface area (Å²) in [6.45, 7) is 1.57. The molecule has 0 heterocycles. The number of hydrogen-bond acceptors (Lipinski definition) is 6. The van der Waals surface area contributed by atoms with Gasteiger partial charge < -0.3 is 19.5 Å². The molecule has 174 valence electrons. The Bertz CT molecular complexity index is 1250. The number of hydrogen-bond donors (Lipinski definition) is 2. The Kier molecular flexibility index (Phi) is 7.67. The van der Waals surface area contributed by atoms with Crippen LogP contribution >= 0.6 is 11.6 Å². The number of benzene rings is 3. The number of aryl methyl sites for hydroxylation is 1. The van der Waals surface area contributed by atoms with Crippen molar-refractivity contribution in [3.8, 4) is 17.2 Å². The largest absolute Gasteiger partial charge is 0.497 e. The van der Waals surface area contributed by atoms with Crippen LogP contribution in [0, 0.1) is 6.92 Å². The van der Waals surface area contributed by atoms with Gasteiger partial charge in [-0.25, -0.2) is 8.42 Å². The van der Waals surface area contributed by atoms with E-state index in [9.17, 15) is 13.2 Å². The van der Waals surface area contributed by atoms with Gasteiger partial charge in [0.25, 0.3) is 15.9 Å². The maximum absolute atomic E-state index is 13.0. The number of carbonyl (C=O) groups excluding carboxylic acids is 1. The molecular weight excluding hydrogens is 468 g/mol. The first-order valence-corrected chi connectivity index (χ1v) is 11.6. The SMILES string of the molecule is COc1ccc(NS(=O)(=O)c2cc(NC(=O)COc3cc(C)ccc3Cl)ccc2OC)cc1. The van der Waals surface area contributed by atoms with Crippen LogP contribution in [-0.4, -0.2) is 35.2 Å². The minimum Gasteiger partial charge on any atom is -0.497 e. The van der Waals surface area contributed by atoms with Gasteiger partial charge in [-0.05, 0) is 67.1 Å². The number of sulfonamides is 1. The first-order valence-electron chi connectivity index (χ1n) is 9.75. The molecule has 3 aromatic carbocycles. The van der Waals surface area contributed by atoms with E-state index in [-0.39, 0.29) is 22.9 Å². The lowest BCUT2D eigenvalue weighted by molar-refractivity contribution is -0.118. The molecule has 0 radical (unpaired) electrons. The molecule has 0 bridgehead atoms. The zero-order valence-corrected chi connectivity index (χ0v) is 19.8. The molecule has 10 heteroatoms. The maximum Gasteiger partial charge on any atom is 0.265 e. The molecule has 0 saturated carbocycles. The number of amides is 1. The Morgan fingerprint density at radius 2 is 1.61 bits per heavy atom. The van der Waals surface area contributed by atoms with Crippen LogP contribution < -0.4 is 24.2 Å². The van der Waals surface area contributed by atoms with Crippen molar-refractivity contribution >= 4 is 38.9 Å². The molecule has 0 unspecified atom stereocenters. The Morgan fingerprint density at radius 3 is 2.27 bits per heavy atom. The normalized spacial score (nSPS) is 10.9. The molecule has 0 spiro atoms. The van der Waals surface area contributed by atoms with E-state index < -0.39 is 15.9 Å². The lowest BCUT2D eigenvalue weighted by Crippen LogP contribution is -2.21. The second-order valence-corrected chi connectivity index (χ2v) is 9.03. The van der Waals surface area contributed by atoms with Crippen LogP contribution in [0.5, 0.6) is 17.2 Å². The highest BCUT2D eigenvalue weighted by Gasteiger charge is 2.21. The third kappa shape index (κ3) is 6.30. The van der Waals surface area contributed by atoms with Crippen LogP contribution in [-0.2, 0) is 14.8 Å². The first-order chi connectivity index (χ1) is 15.7. The Morgan fingerprint density at radius 1 is 0.909 bits per heavy atom. The molecule has 2 N–H and O–H groups in total. The molecule has 3 aromatic rings. The van der Waals surface area contributed by atoms with Crippen molar-refractivity contribution < 1.29 is 27.4 Å². The fourth-order valence-corrected chi connectivity index (χ4v) is 4.32. The predicted molar refractivity (Wildman–Crippen MR) is 127 cm³/mol. The molecule has 0 fully saturated rings. The van der Waals surface area contributed by atoms with Crippen molar-refractivity contribution in [2.24, 2.45) is 0 Å². The number of anilines is 2. The van der Waals surface area contributed by atoms with Gasteiger partial charge >= 0.3 is 0 Å². The van der Waals surface area contributed by atoms with Gasteiger partial charge in [0.05, 0.1) is 19.2 Å². The van der Waals surface area contributed by atoms with Crippen LogP contribution in [0.4, 0.5) is 11.4 Å². The quantitative estimate of drug-likeness (QED) is 0.458. The second-order valence-electron chi connectivity index (χ2n) is 6.97. The molecule has 0 atom stereocenters. The van der Waals surface area contributed by atoms with Crippen molar-refractivity contribution in [3.05, 3.63) is 71.2 Å². The fraction of sp³-hybridized carbons (Fsp3) is 0.174. The van der Waals surface area contributed by atoms with E-state index in [1.807, 2.05) is 13.0 Å². The number of rotatable bonds is 9. The highest BCUT2D eigenvalue weighted by Crippen LogP contribution is 2.30. The van der Waals surface area contributed by atoms with E-state index in [4.69, 9.17) is 25.8 Å². The summed E-state index contributed by atoms with van der Waals surface area (Å²) in [4.78, 5) is 12.2. The molecule has 0 aliphatic heterocycles. The summed E-state index contributed by atoms with van der Waals surface area (Å²) in [6.07, 6.45) is 0. The highest BCUT2D eigenvalue weighted by molar-refractivity contribution is 7.92. The number of nitrogens with one attached hydrogen (secondary N) is 2. The monoisotopic (exact) mass is 490 g/mol. The van der Waals surface area contributed by atoms with E-state index in [2.05, 4.69) is 10.0 Å². The van der Waals surface area contributed by atoms with Gasteiger partial charge in [0.15, 0.2) is 6.61 Å². The van der Waals surface area contributed by atoms with E-state index in [0.29, 0.717) is 22.2 Å². The Balaban J connectivity index is 1.75. The molecule has 0 aromatic heterocycles. The minimum atomic E-state index is -4.02. The van der Waals surface area contributed by atoms with E-state index in [1.54, 1.807) is 36.4 Å². The lowest BCUT2D eigenvalue weighted by atomic mass is 10.2. The van der Waals surface area contributed by atoms with Gasteiger partial charge in [0, 0.05) is 11.4 Å². The van der Waals surface area contributed by atoms with Gasteiger partial charge in [-0.2, -0.15) is 0 Å². The van der Waals surface area contributed by atoms with Crippen molar-refractivity contribution in [3.63, 3.8) is 0 Å². The lowest BCUT2D eigenvalue weighted by Gasteiger charge is -2.14. The fourth-order valence-electron chi connectivity index (χ4n) is 2.90. The zero-order chi connectivity index (χ0) is 24.0. The molecule has 0 aliphatic rings. The number of ether oxygens (including phenoxy) is 3. The summed E-state index contributed by atoms with van der Waals surface area (Å²) in [5.41, 5.74) is 1.54. The highest BCUT2D eigenvalue weighted by atomic mass is 35.5. The average Bonchev–Trinajstić information content (AvgIpc) is 2.80. The summed E-state index contributed by atoms with van der Waals surface area (Å²) >= 11 is 6.08. The molecule has 33 heavy (non-hydrogen) atoms. The van der Waals surface area contributed by atoms with Gasteiger partial charge in [-0.1, -0.05) is 17.7 Å². The minimum absolute atomic E-state index is 0.122. The van der Waals surface area contributed by atoms with Crippen molar-refractivity contribution in [2.45, 2.75) is 11.8 Å². The number of methoxy groups -OCH3 is 2. The molecule has 0 saturated heterocycles. The summed E-state index contributed by atoms with van der Waals surface area (Å²) in [6, 6.07) is 15.9. The summed E-state index contributed by atoms with van der Waals surface area (Å²) in [5, 5.41) is 3.00. The van der Waals surface area contributed by atoms with Gasteiger partial charge in [-0.15, -0.1) is 0 Å². The summed E-state index contributed by atoms with van der Waals surface area (Å²) in [7, 11) is -1.14. The molecule has 1 amide bonds. The Labute approximate surface area is 197 Å². The van der Waals surface area contributed by atoms with Gasteiger partial charge in [-0.3, -0.25) is 9.52 Å². The number of carbonyl (C=O) groups is 1. The van der Waals surface area contributed by atoms with Crippen LogP contribution in [0.25, 0.3) is 0 Å². The summed E-state index contributed by atoms with van der Waals surface area (Å²) in [5.74, 6) is 0.615. The molecular formula is C23H23ClN2O6S. The van der Waals surface area contributed by atoms with Crippen molar-refractivity contribution in [2.75, 3.05) is 30.9 Å².